The Hall–Kier alpha value is -1.22. The zero-order valence-electron chi connectivity index (χ0n) is 8.96. The van der Waals surface area contributed by atoms with E-state index in [0.29, 0.717) is 0 Å². The first-order valence-corrected chi connectivity index (χ1v) is 4.79. The zero-order valence-corrected chi connectivity index (χ0v) is 8.96. The molecule has 0 amide bonds. The zero-order chi connectivity index (χ0) is 13.2. The molecular weight excluding hydrogens is 234 g/mol. The molecule has 0 spiro atoms. The van der Waals surface area contributed by atoms with Gasteiger partial charge in [0.1, 0.15) is 18.3 Å². The van der Waals surface area contributed by atoms with Crippen LogP contribution in [0.3, 0.4) is 0 Å². The Kier molecular flexibility index (Phi) is 4.04. The number of carbonyl (C=O) groups is 1. The van der Waals surface area contributed by atoms with Crippen molar-refractivity contribution in [3.05, 3.63) is 10.4 Å². The fourth-order valence-corrected chi connectivity index (χ4v) is 1.72. The molecule has 0 aromatic rings. The third-order valence-electron chi connectivity index (χ3n) is 2.76. The van der Waals surface area contributed by atoms with Crippen LogP contribution in [-0.4, -0.2) is 63.0 Å². The SMILES string of the molecule is CC(=O)[C@]1(O)[C@H](O)[C@@H](O)[C@H](N=[N+]=[N-])O[C@@H]1CO. The van der Waals surface area contributed by atoms with Crippen LogP contribution >= 0.6 is 0 Å². The fraction of sp³-hybridized carbons (Fsp3) is 0.875. The maximum Gasteiger partial charge on any atom is 0.179 e. The normalized spacial score (nSPS) is 41.7. The van der Waals surface area contributed by atoms with E-state index in [1.165, 1.54) is 0 Å². The molecule has 96 valence electrons. The molecule has 1 aliphatic rings. The Balaban J connectivity index is 3.11. The second kappa shape index (κ2) is 4.96. The summed E-state index contributed by atoms with van der Waals surface area (Å²) in [6.45, 7) is 0.202. The number of azide groups is 1. The molecule has 1 fully saturated rings. The Bertz CT molecular complexity index is 353. The molecule has 0 aliphatic carbocycles. The van der Waals surface area contributed by atoms with E-state index in [0.717, 1.165) is 6.92 Å². The molecule has 0 aromatic carbocycles. The lowest BCUT2D eigenvalue weighted by Crippen LogP contribution is -2.69. The third kappa shape index (κ3) is 2.12. The van der Waals surface area contributed by atoms with Gasteiger partial charge in [-0.05, 0) is 12.5 Å². The fourth-order valence-electron chi connectivity index (χ4n) is 1.72. The van der Waals surface area contributed by atoms with Gasteiger partial charge in [0.05, 0.1) is 6.61 Å². The molecule has 1 rings (SSSR count). The molecule has 4 N–H and O–H groups in total. The van der Waals surface area contributed by atoms with Crippen molar-refractivity contribution in [1.82, 2.24) is 0 Å². The number of aliphatic hydroxyl groups is 4. The summed E-state index contributed by atoms with van der Waals surface area (Å²) < 4.78 is 4.88. The number of ether oxygens (including phenoxy) is 1. The summed E-state index contributed by atoms with van der Waals surface area (Å²) in [5.74, 6) is -0.873. The summed E-state index contributed by atoms with van der Waals surface area (Å²) in [4.78, 5) is 13.7. The smallest absolute Gasteiger partial charge is 0.179 e. The van der Waals surface area contributed by atoms with Gasteiger partial charge in [0.2, 0.25) is 0 Å². The van der Waals surface area contributed by atoms with E-state index >= 15 is 0 Å². The van der Waals surface area contributed by atoms with Crippen molar-refractivity contribution >= 4 is 5.78 Å². The Labute approximate surface area is 95.9 Å². The number of hydrogen-bond donors (Lipinski definition) is 4. The molecular formula is C8H13N3O6. The number of Topliss-reactive ketones (excluding diaryl/α,β-unsaturated/α-hetero) is 1. The first-order chi connectivity index (χ1) is 7.89. The number of hydrogen-bond acceptors (Lipinski definition) is 7. The van der Waals surface area contributed by atoms with E-state index in [1.807, 2.05) is 0 Å². The van der Waals surface area contributed by atoms with Crippen LogP contribution in [0.1, 0.15) is 6.92 Å². The minimum atomic E-state index is -2.43. The van der Waals surface area contributed by atoms with Crippen LogP contribution in [0.4, 0.5) is 0 Å². The summed E-state index contributed by atoms with van der Waals surface area (Å²) >= 11 is 0. The summed E-state index contributed by atoms with van der Waals surface area (Å²) in [6, 6.07) is 0. The topological polar surface area (TPSA) is 156 Å². The Morgan fingerprint density at radius 1 is 1.59 bits per heavy atom. The number of ketones is 1. The number of rotatable bonds is 3. The van der Waals surface area contributed by atoms with Crippen molar-refractivity contribution in [3.8, 4) is 0 Å². The van der Waals surface area contributed by atoms with Gasteiger partial charge in [0, 0.05) is 4.91 Å². The quantitative estimate of drug-likeness (QED) is 0.258. The summed E-state index contributed by atoms with van der Waals surface area (Å²) in [7, 11) is 0. The van der Waals surface area contributed by atoms with Crippen molar-refractivity contribution in [2.24, 2.45) is 5.11 Å². The summed E-state index contributed by atoms with van der Waals surface area (Å²) in [5.41, 5.74) is 5.78. The molecule has 1 aliphatic heterocycles. The number of aliphatic hydroxyl groups excluding tert-OH is 3. The molecule has 1 saturated heterocycles. The monoisotopic (exact) mass is 247 g/mol. The van der Waals surface area contributed by atoms with Crippen LogP contribution in [0.2, 0.25) is 0 Å². The molecule has 9 nitrogen and oxygen atoms in total. The molecule has 9 heteroatoms. The average molecular weight is 247 g/mol. The first-order valence-electron chi connectivity index (χ1n) is 4.79. The predicted octanol–water partition coefficient (Wildman–Crippen LogP) is -1.94. The van der Waals surface area contributed by atoms with Crippen molar-refractivity contribution in [2.75, 3.05) is 6.61 Å². The second-order valence-electron chi connectivity index (χ2n) is 3.72. The van der Waals surface area contributed by atoms with Crippen LogP contribution in [-0.2, 0) is 9.53 Å². The molecule has 0 aromatic heterocycles. The average Bonchev–Trinajstić information content (AvgIpc) is 2.29. The molecule has 5 atom stereocenters. The lowest BCUT2D eigenvalue weighted by molar-refractivity contribution is -0.264. The van der Waals surface area contributed by atoms with E-state index in [-0.39, 0.29) is 0 Å². The van der Waals surface area contributed by atoms with Crippen molar-refractivity contribution in [2.45, 2.75) is 37.1 Å². The van der Waals surface area contributed by atoms with Gasteiger partial charge < -0.3 is 25.2 Å². The highest BCUT2D eigenvalue weighted by atomic mass is 16.6. The van der Waals surface area contributed by atoms with E-state index in [4.69, 9.17) is 15.4 Å². The van der Waals surface area contributed by atoms with Gasteiger partial charge in [-0.15, -0.1) is 0 Å². The maximum absolute atomic E-state index is 11.3. The van der Waals surface area contributed by atoms with Crippen LogP contribution in [0.15, 0.2) is 5.11 Å². The van der Waals surface area contributed by atoms with Crippen molar-refractivity contribution in [1.29, 1.82) is 0 Å². The van der Waals surface area contributed by atoms with E-state index in [2.05, 4.69) is 10.0 Å². The molecule has 17 heavy (non-hydrogen) atoms. The highest BCUT2D eigenvalue weighted by molar-refractivity contribution is 5.86. The van der Waals surface area contributed by atoms with Gasteiger partial charge in [-0.3, -0.25) is 4.79 Å². The Morgan fingerprint density at radius 3 is 2.59 bits per heavy atom. The molecule has 0 unspecified atom stereocenters. The second-order valence-corrected chi connectivity index (χ2v) is 3.72. The van der Waals surface area contributed by atoms with Crippen LogP contribution < -0.4 is 0 Å². The standard InChI is InChI=1S/C8H13N3O6/c1-3(13)8(16)4(2-12)17-7(10-11-9)5(14)6(8)15/h4-7,12,14-16H,2H2,1H3/t4-,5-,6-,7-,8-/m1/s1. The van der Waals surface area contributed by atoms with E-state index in [1.54, 1.807) is 0 Å². The van der Waals surface area contributed by atoms with Crippen LogP contribution in [0.5, 0.6) is 0 Å². The molecule has 0 saturated carbocycles. The highest BCUT2D eigenvalue weighted by Crippen LogP contribution is 2.31. The van der Waals surface area contributed by atoms with Crippen LogP contribution in [0, 0.1) is 0 Å². The van der Waals surface area contributed by atoms with Crippen molar-refractivity contribution in [3.63, 3.8) is 0 Å². The summed E-state index contributed by atoms with van der Waals surface area (Å²) in [5, 5.41) is 41.2. The minimum Gasteiger partial charge on any atom is -0.394 e. The van der Waals surface area contributed by atoms with Crippen LogP contribution in [0.25, 0.3) is 10.4 Å². The number of nitrogens with zero attached hydrogens (tertiary/aromatic N) is 3. The van der Waals surface area contributed by atoms with Gasteiger partial charge >= 0.3 is 0 Å². The summed E-state index contributed by atoms with van der Waals surface area (Å²) in [6.07, 6.45) is -6.63. The highest BCUT2D eigenvalue weighted by Gasteiger charge is 2.57. The van der Waals surface area contributed by atoms with Gasteiger partial charge in [-0.25, -0.2) is 0 Å². The molecule has 0 bridgehead atoms. The molecule has 1 heterocycles. The lowest BCUT2D eigenvalue weighted by Gasteiger charge is -2.45. The Morgan fingerprint density at radius 2 is 2.18 bits per heavy atom. The number of carbonyl (C=O) groups excluding carboxylic acids is 1. The van der Waals surface area contributed by atoms with Gasteiger partial charge in [-0.2, -0.15) is 0 Å². The van der Waals surface area contributed by atoms with Gasteiger partial charge in [-0.1, -0.05) is 5.11 Å². The molecule has 0 radical (unpaired) electrons. The maximum atomic E-state index is 11.3. The minimum absolute atomic E-state index is 0.780. The van der Waals surface area contributed by atoms with E-state index < -0.39 is 42.5 Å². The van der Waals surface area contributed by atoms with E-state index in [9.17, 15) is 20.1 Å². The predicted molar refractivity (Wildman–Crippen MR) is 52.5 cm³/mol. The van der Waals surface area contributed by atoms with Crippen molar-refractivity contribution < 1.29 is 30.0 Å². The first kappa shape index (κ1) is 13.8. The van der Waals surface area contributed by atoms with Gasteiger partial charge in [0.25, 0.3) is 0 Å². The largest absolute Gasteiger partial charge is 0.394 e. The van der Waals surface area contributed by atoms with Gasteiger partial charge in [0.15, 0.2) is 17.6 Å². The lowest BCUT2D eigenvalue weighted by atomic mass is 9.81. The third-order valence-corrected chi connectivity index (χ3v) is 2.76.